The first kappa shape index (κ1) is 16.0. The number of thiophene rings is 1. The zero-order chi connectivity index (χ0) is 14.4. The van der Waals surface area contributed by atoms with E-state index in [0.29, 0.717) is 11.5 Å². The lowest BCUT2D eigenvalue weighted by Crippen LogP contribution is -2.48. The molecular weight excluding hydrogens is 268 g/mol. The van der Waals surface area contributed by atoms with Gasteiger partial charge in [-0.15, -0.1) is 11.3 Å². The van der Waals surface area contributed by atoms with Crippen LogP contribution >= 0.6 is 11.3 Å². The third kappa shape index (κ3) is 4.29. The largest absolute Gasteiger partial charge is 0.384 e. The van der Waals surface area contributed by atoms with Crippen molar-refractivity contribution in [3.63, 3.8) is 0 Å². The van der Waals surface area contributed by atoms with Crippen molar-refractivity contribution >= 4 is 11.3 Å². The predicted octanol–water partition coefficient (Wildman–Crippen LogP) is 2.63. The molecule has 3 nitrogen and oxygen atoms in total. The molecule has 114 valence electrons. The van der Waals surface area contributed by atoms with E-state index >= 15 is 0 Å². The summed E-state index contributed by atoms with van der Waals surface area (Å²) in [4.78, 5) is 4.00. The quantitative estimate of drug-likeness (QED) is 0.837. The lowest BCUT2D eigenvalue weighted by molar-refractivity contribution is 0.0204. The van der Waals surface area contributed by atoms with Gasteiger partial charge in [-0.3, -0.25) is 0 Å². The molecule has 4 heteroatoms. The Labute approximate surface area is 127 Å². The minimum Gasteiger partial charge on any atom is -0.384 e. The summed E-state index contributed by atoms with van der Waals surface area (Å²) in [6.45, 7) is 6.59. The van der Waals surface area contributed by atoms with E-state index in [-0.39, 0.29) is 0 Å². The van der Waals surface area contributed by atoms with Gasteiger partial charge in [0.2, 0.25) is 0 Å². The molecule has 2 heterocycles. The standard InChI is InChI=1S/C16H28N2OS/c1-14(11-15-5-4-10-20-15)18(2)12-16(13-19-3)6-8-17-9-7-16/h4-5,10,14,17H,6-9,11-13H2,1-3H3. The summed E-state index contributed by atoms with van der Waals surface area (Å²) in [6.07, 6.45) is 3.59. The Morgan fingerprint density at radius 2 is 2.20 bits per heavy atom. The fraction of sp³-hybridized carbons (Fsp3) is 0.750. The summed E-state index contributed by atoms with van der Waals surface area (Å²) < 4.78 is 5.52. The van der Waals surface area contributed by atoms with Crippen LogP contribution < -0.4 is 5.32 Å². The van der Waals surface area contributed by atoms with Crippen LogP contribution in [0.2, 0.25) is 0 Å². The number of likely N-dealkylation sites (N-methyl/N-ethyl adjacent to an activating group) is 1. The maximum Gasteiger partial charge on any atom is 0.0531 e. The van der Waals surface area contributed by atoms with Crippen LogP contribution in [0, 0.1) is 5.41 Å². The van der Waals surface area contributed by atoms with E-state index in [9.17, 15) is 0 Å². The summed E-state index contributed by atoms with van der Waals surface area (Å²) in [6, 6.07) is 4.97. The second-order valence-electron chi connectivity index (χ2n) is 6.23. The van der Waals surface area contributed by atoms with Crippen molar-refractivity contribution in [2.75, 3.05) is 40.4 Å². The Balaban J connectivity index is 1.91. The number of hydrogen-bond acceptors (Lipinski definition) is 4. The number of piperidine rings is 1. The molecule has 1 aliphatic rings. The zero-order valence-electron chi connectivity index (χ0n) is 13.0. The Morgan fingerprint density at radius 3 is 2.80 bits per heavy atom. The van der Waals surface area contributed by atoms with E-state index < -0.39 is 0 Å². The van der Waals surface area contributed by atoms with Crippen molar-refractivity contribution in [2.45, 2.75) is 32.2 Å². The lowest BCUT2D eigenvalue weighted by Gasteiger charge is -2.41. The highest BCUT2D eigenvalue weighted by molar-refractivity contribution is 7.09. The van der Waals surface area contributed by atoms with Crippen LogP contribution in [0.15, 0.2) is 17.5 Å². The molecule has 1 fully saturated rings. The summed E-state index contributed by atoms with van der Waals surface area (Å²) in [5.41, 5.74) is 0.332. The number of rotatable bonds is 7. The van der Waals surface area contributed by atoms with Crippen molar-refractivity contribution in [1.29, 1.82) is 0 Å². The predicted molar refractivity (Wildman–Crippen MR) is 86.5 cm³/mol. The molecule has 1 saturated heterocycles. The van der Waals surface area contributed by atoms with E-state index in [4.69, 9.17) is 4.74 Å². The molecule has 1 aromatic rings. The highest BCUT2D eigenvalue weighted by Gasteiger charge is 2.34. The molecule has 0 radical (unpaired) electrons. The van der Waals surface area contributed by atoms with Crippen LogP contribution in [-0.4, -0.2) is 51.3 Å². The SMILES string of the molecule is COCC1(CN(C)C(C)Cc2cccs2)CCNCC1. The molecular formula is C16H28N2OS. The molecule has 1 unspecified atom stereocenters. The van der Waals surface area contributed by atoms with Gasteiger partial charge in [-0.1, -0.05) is 6.07 Å². The van der Waals surface area contributed by atoms with Gasteiger partial charge in [0.05, 0.1) is 6.61 Å². The minimum atomic E-state index is 0.332. The molecule has 0 spiro atoms. The molecule has 0 amide bonds. The van der Waals surface area contributed by atoms with E-state index in [2.05, 4.69) is 41.7 Å². The monoisotopic (exact) mass is 296 g/mol. The second-order valence-corrected chi connectivity index (χ2v) is 7.26. The van der Waals surface area contributed by atoms with Crippen molar-refractivity contribution in [2.24, 2.45) is 5.41 Å². The average Bonchev–Trinajstić information content (AvgIpc) is 2.92. The Morgan fingerprint density at radius 1 is 1.45 bits per heavy atom. The van der Waals surface area contributed by atoms with Crippen molar-refractivity contribution < 1.29 is 4.74 Å². The maximum absolute atomic E-state index is 5.52. The number of methoxy groups -OCH3 is 1. The number of hydrogen-bond donors (Lipinski definition) is 1. The molecule has 0 aromatic carbocycles. The normalized spacial score (nSPS) is 20.2. The molecule has 0 aliphatic carbocycles. The topological polar surface area (TPSA) is 24.5 Å². The summed E-state index contributed by atoms with van der Waals surface area (Å²) >= 11 is 1.86. The van der Waals surface area contributed by atoms with Gasteiger partial charge < -0.3 is 15.0 Å². The van der Waals surface area contributed by atoms with E-state index in [1.165, 1.54) is 17.7 Å². The van der Waals surface area contributed by atoms with Gasteiger partial charge in [0.15, 0.2) is 0 Å². The van der Waals surface area contributed by atoms with Gasteiger partial charge in [0.25, 0.3) is 0 Å². The Bertz CT molecular complexity index is 368. The fourth-order valence-electron chi connectivity index (χ4n) is 3.17. The fourth-order valence-corrected chi connectivity index (χ4v) is 4.00. The second kappa shape index (κ2) is 7.55. The van der Waals surface area contributed by atoms with Crippen molar-refractivity contribution in [1.82, 2.24) is 10.2 Å². The molecule has 1 N–H and O–H groups in total. The van der Waals surface area contributed by atoms with Gasteiger partial charge >= 0.3 is 0 Å². The lowest BCUT2D eigenvalue weighted by atomic mass is 9.79. The maximum atomic E-state index is 5.52. The number of nitrogens with zero attached hydrogens (tertiary/aromatic N) is 1. The highest BCUT2D eigenvalue weighted by atomic mass is 32.1. The molecule has 2 rings (SSSR count). The summed E-state index contributed by atoms with van der Waals surface area (Å²) in [7, 11) is 4.09. The average molecular weight is 296 g/mol. The third-order valence-electron chi connectivity index (χ3n) is 4.53. The zero-order valence-corrected chi connectivity index (χ0v) is 13.8. The first-order valence-corrected chi connectivity index (χ1v) is 8.45. The summed E-state index contributed by atoms with van der Waals surface area (Å²) in [5, 5.41) is 5.63. The molecule has 1 aliphatic heterocycles. The van der Waals surface area contributed by atoms with Gasteiger partial charge in [0, 0.05) is 30.0 Å². The smallest absolute Gasteiger partial charge is 0.0531 e. The Kier molecular flexibility index (Phi) is 6.02. The highest BCUT2D eigenvalue weighted by Crippen LogP contribution is 2.30. The van der Waals surface area contributed by atoms with E-state index in [1.807, 2.05) is 18.4 Å². The van der Waals surface area contributed by atoms with Crippen LogP contribution in [0.3, 0.4) is 0 Å². The summed E-state index contributed by atoms with van der Waals surface area (Å²) in [5.74, 6) is 0. The van der Waals surface area contributed by atoms with Crippen molar-refractivity contribution in [3.8, 4) is 0 Å². The van der Waals surface area contributed by atoms with Gasteiger partial charge in [-0.05, 0) is 57.8 Å². The van der Waals surface area contributed by atoms with Crippen LogP contribution in [0.4, 0.5) is 0 Å². The molecule has 1 aromatic heterocycles. The van der Waals surface area contributed by atoms with E-state index in [1.54, 1.807) is 0 Å². The van der Waals surface area contributed by atoms with Gasteiger partial charge in [-0.2, -0.15) is 0 Å². The molecule has 0 bridgehead atoms. The van der Waals surface area contributed by atoms with Crippen LogP contribution in [0.1, 0.15) is 24.6 Å². The third-order valence-corrected chi connectivity index (χ3v) is 5.43. The molecule has 0 saturated carbocycles. The van der Waals surface area contributed by atoms with Crippen LogP contribution in [0.25, 0.3) is 0 Å². The van der Waals surface area contributed by atoms with E-state index in [0.717, 1.165) is 32.7 Å². The number of nitrogens with one attached hydrogen (secondary N) is 1. The van der Waals surface area contributed by atoms with Crippen molar-refractivity contribution in [3.05, 3.63) is 22.4 Å². The molecule has 1 atom stereocenters. The first-order chi connectivity index (χ1) is 9.65. The van der Waals surface area contributed by atoms with Crippen LogP contribution in [0.5, 0.6) is 0 Å². The molecule has 20 heavy (non-hydrogen) atoms. The van der Waals surface area contributed by atoms with Gasteiger partial charge in [-0.25, -0.2) is 0 Å². The Hall–Kier alpha value is -0.420. The van der Waals surface area contributed by atoms with Gasteiger partial charge in [0.1, 0.15) is 0 Å². The minimum absolute atomic E-state index is 0.332. The number of ether oxygens (including phenoxy) is 1. The first-order valence-electron chi connectivity index (χ1n) is 7.57. The van der Waals surface area contributed by atoms with Crippen LogP contribution in [-0.2, 0) is 11.2 Å².